The summed E-state index contributed by atoms with van der Waals surface area (Å²) in [7, 11) is -0.502. The van der Waals surface area contributed by atoms with Crippen molar-refractivity contribution < 1.29 is 22.7 Å². The third-order valence-corrected chi connectivity index (χ3v) is 7.63. The van der Waals surface area contributed by atoms with Crippen molar-refractivity contribution in [3.63, 3.8) is 0 Å². The number of piperazine rings is 1. The van der Waals surface area contributed by atoms with Crippen LogP contribution in [0.15, 0.2) is 65.6 Å². The van der Waals surface area contributed by atoms with Crippen molar-refractivity contribution in [1.82, 2.24) is 9.21 Å². The van der Waals surface area contributed by atoms with E-state index in [2.05, 4.69) is 5.32 Å². The van der Waals surface area contributed by atoms with E-state index in [1.807, 2.05) is 35.2 Å². The zero-order chi connectivity index (χ0) is 23.4. The van der Waals surface area contributed by atoms with Crippen molar-refractivity contribution >= 4 is 32.4 Å². The predicted molar refractivity (Wildman–Crippen MR) is 127 cm³/mol. The standard InChI is InChI=1S/C24H27N3O5S/c1-31-20-8-10-22(23(16-20)32-2)25-24(28)17-26-11-13-27(14-12-26)33(29,30)21-9-7-18-5-3-4-6-19(18)15-21/h3-10,15-16H,11-14,17H2,1-2H3,(H,25,28). The van der Waals surface area contributed by atoms with Gasteiger partial charge in [0.1, 0.15) is 11.5 Å². The number of nitrogens with one attached hydrogen (secondary N) is 1. The molecule has 0 aromatic heterocycles. The van der Waals surface area contributed by atoms with Crippen molar-refractivity contribution in [2.75, 3.05) is 52.3 Å². The minimum atomic E-state index is -3.59. The van der Waals surface area contributed by atoms with Gasteiger partial charge < -0.3 is 14.8 Å². The molecule has 174 valence electrons. The molecule has 0 bridgehead atoms. The predicted octanol–water partition coefficient (Wildman–Crippen LogP) is 2.80. The number of benzene rings is 3. The van der Waals surface area contributed by atoms with Crippen molar-refractivity contribution in [3.8, 4) is 11.5 Å². The summed E-state index contributed by atoms with van der Waals surface area (Å²) in [5, 5.41) is 4.74. The van der Waals surface area contributed by atoms with Crippen LogP contribution in [0.1, 0.15) is 0 Å². The first-order valence-corrected chi connectivity index (χ1v) is 12.1. The highest BCUT2D eigenvalue weighted by atomic mass is 32.2. The van der Waals surface area contributed by atoms with Gasteiger partial charge in [-0.15, -0.1) is 0 Å². The lowest BCUT2D eigenvalue weighted by atomic mass is 10.1. The molecule has 1 fully saturated rings. The molecule has 0 saturated carbocycles. The molecule has 0 radical (unpaired) electrons. The minimum Gasteiger partial charge on any atom is -0.497 e. The largest absolute Gasteiger partial charge is 0.497 e. The number of sulfonamides is 1. The van der Waals surface area contributed by atoms with Gasteiger partial charge in [-0.05, 0) is 35.0 Å². The van der Waals surface area contributed by atoms with E-state index in [0.717, 1.165) is 10.8 Å². The van der Waals surface area contributed by atoms with E-state index >= 15 is 0 Å². The molecule has 0 atom stereocenters. The van der Waals surface area contributed by atoms with E-state index in [-0.39, 0.29) is 12.5 Å². The Labute approximate surface area is 193 Å². The summed E-state index contributed by atoms with van der Waals surface area (Å²) in [5.41, 5.74) is 0.556. The van der Waals surface area contributed by atoms with Gasteiger partial charge in [0.15, 0.2) is 0 Å². The number of methoxy groups -OCH3 is 2. The van der Waals surface area contributed by atoms with Crippen molar-refractivity contribution in [2.45, 2.75) is 4.90 Å². The third kappa shape index (κ3) is 5.11. The average Bonchev–Trinajstić information content (AvgIpc) is 2.84. The Balaban J connectivity index is 1.36. The molecule has 4 rings (SSSR count). The van der Waals surface area contributed by atoms with E-state index in [1.54, 1.807) is 37.4 Å². The van der Waals surface area contributed by atoms with Gasteiger partial charge in [-0.25, -0.2) is 8.42 Å². The molecule has 9 heteroatoms. The van der Waals surface area contributed by atoms with Crippen LogP contribution in [0.2, 0.25) is 0 Å². The van der Waals surface area contributed by atoms with E-state index in [1.165, 1.54) is 11.4 Å². The molecular weight excluding hydrogens is 442 g/mol. The van der Waals surface area contributed by atoms with E-state index in [4.69, 9.17) is 9.47 Å². The van der Waals surface area contributed by atoms with Crippen molar-refractivity contribution in [2.24, 2.45) is 0 Å². The minimum absolute atomic E-state index is 0.166. The number of rotatable bonds is 7. The highest BCUT2D eigenvalue weighted by Crippen LogP contribution is 2.29. The summed E-state index contributed by atoms with van der Waals surface area (Å²) >= 11 is 0. The number of nitrogens with zero attached hydrogens (tertiary/aromatic N) is 2. The van der Waals surface area contributed by atoms with Crippen LogP contribution in [0.4, 0.5) is 5.69 Å². The topological polar surface area (TPSA) is 88.2 Å². The van der Waals surface area contributed by atoms with Crippen LogP contribution in [0.3, 0.4) is 0 Å². The van der Waals surface area contributed by atoms with E-state index in [9.17, 15) is 13.2 Å². The maximum Gasteiger partial charge on any atom is 0.243 e. The number of hydrogen-bond donors (Lipinski definition) is 1. The zero-order valence-electron chi connectivity index (χ0n) is 18.7. The van der Waals surface area contributed by atoms with Gasteiger partial charge in [0, 0.05) is 32.2 Å². The molecule has 1 aliphatic rings. The van der Waals surface area contributed by atoms with E-state index in [0.29, 0.717) is 48.3 Å². The number of carbonyl (C=O) groups excluding carboxylic acids is 1. The second kappa shape index (κ2) is 9.78. The van der Waals surface area contributed by atoms with Crippen molar-refractivity contribution in [3.05, 3.63) is 60.7 Å². The van der Waals surface area contributed by atoms with Crippen LogP contribution < -0.4 is 14.8 Å². The van der Waals surface area contributed by atoms with Gasteiger partial charge in [-0.3, -0.25) is 9.69 Å². The number of carbonyl (C=O) groups is 1. The number of ether oxygens (including phenoxy) is 2. The Hall–Kier alpha value is -3.14. The maximum atomic E-state index is 13.1. The number of hydrogen-bond acceptors (Lipinski definition) is 6. The third-order valence-electron chi connectivity index (χ3n) is 5.74. The summed E-state index contributed by atoms with van der Waals surface area (Å²) in [6.45, 7) is 1.77. The summed E-state index contributed by atoms with van der Waals surface area (Å²) in [6, 6.07) is 18.0. The molecule has 1 heterocycles. The second-order valence-corrected chi connectivity index (χ2v) is 9.74. The number of amides is 1. The highest BCUT2D eigenvalue weighted by Gasteiger charge is 2.29. The Kier molecular flexibility index (Phi) is 6.83. The number of anilines is 1. The first kappa shape index (κ1) is 23.0. The van der Waals surface area contributed by atoms with Gasteiger partial charge in [-0.1, -0.05) is 30.3 Å². The smallest absolute Gasteiger partial charge is 0.243 e. The van der Waals surface area contributed by atoms with Gasteiger partial charge in [0.05, 0.1) is 31.3 Å². The van der Waals surface area contributed by atoms with Gasteiger partial charge in [-0.2, -0.15) is 4.31 Å². The zero-order valence-corrected chi connectivity index (χ0v) is 19.5. The first-order chi connectivity index (χ1) is 15.9. The molecule has 33 heavy (non-hydrogen) atoms. The summed E-state index contributed by atoms with van der Waals surface area (Å²) in [6.07, 6.45) is 0. The van der Waals surface area contributed by atoms with Crippen LogP contribution >= 0.6 is 0 Å². The number of fused-ring (bicyclic) bond motifs is 1. The Morgan fingerprint density at radius 3 is 2.33 bits per heavy atom. The van der Waals surface area contributed by atoms with Crippen LogP contribution in [-0.4, -0.2) is 70.5 Å². The lowest BCUT2D eigenvalue weighted by Gasteiger charge is -2.33. The molecular formula is C24H27N3O5S. The Morgan fingerprint density at radius 2 is 1.64 bits per heavy atom. The molecule has 0 unspecified atom stereocenters. The normalized spacial score (nSPS) is 15.3. The highest BCUT2D eigenvalue weighted by molar-refractivity contribution is 7.89. The van der Waals surface area contributed by atoms with Gasteiger partial charge >= 0.3 is 0 Å². The summed E-state index contributed by atoms with van der Waals surface area (Å²) < 4.78 is 38.2. The fourth-order valence-corrected chi connectivity index (χ4v) is 5.36. The molecule has 1 N–H and O–H groups in total. The first-order valence-electron chi connectivity index (χ1n) is 10.6. The fraction of sp³-hybridized carbons (Fsp3) is 0.292. The molecule has 1 saturated heterocycles. The molecule has 8 nitrogen and oxygen atoms in total. The van der Waals surface area contributed by atoms with Crippen LogP contribution in [0, 0.1) is 0 Å². The SMILES string of the molecule is COc1ccc(NC(=O)CN2CCN(S(=O)(=O)c3ccc4ccccc4c3)CC2)c(OC)c1. The Morgan fingerprint density at radius 1 is 0.909 bits per heavy atom. The van der Waals surface area contributed by atoms with Crippen molar-refractivity contribution in [1.29, 1.82) is 0 Å². The van der Waals surface area contributed by atoms with Gasteiger partial charge in [0.25, 0.3) is 0 Å². The lowest BCUT2D eigenvalue weighted by molar-refractivity contribution is -0.117. The molecule has 3 aromatic rings. The van der Waals surface area contributed by atoms with Crippen LogP contribution in [0.25, 0.3) is 10.8 Å². The van der Waals surface area contributed by atoms with Crippen LogP contribution in [0.5, 0.6) is 11.5 Å². The Bertz CT molecular complexity index is 1250. The molecule has 1 aliphatic heterocycles. The summed E-state index contributed by atoms with van der Waals surface area (Å²) in [4.78, 5) is 14.8. The molecule has 0 spiro atoms. The average molecular weight is 470 g/mol. The molecule has 0 aliphatic carbocycles. The van der Waals surface area contributed by atoms with Crippen LogP contribution in [-0.2, 0) is 14.8 Å². The lowest BCUT2D eigenvalue weighted by Crippen LogP contribution is -2.50. The van der Waals surface area contributed by atoms with E-state index < -0.39 is 10.0 Å². The quantitative estimate of drug-likeness (QED) is 0.573. The maximum absolute atomic E-state index is 13.1. The molecule has 1 amide bonds. The monoisotopic (exact) mass is 469 g/mol. The second-order valence-electron chi connectivity index (χ2n) is 7.80. The summed E-state index contributed by atoms with van der Waals surface area (Å²) in [5.74, 6) is 0.951. The fourth-order valence-electron chi connectivity index (χ4n) is 3.90. The van der Waals surface area contributed by atoms with Gasteiger partial charge in [0.2, 0.25) is 15.9 Å². The molecule has 3 aromatic carbocycles.